The first-order valence-corrected chi connectivity index (χ1v) is 8.48. The Morgan fingerprint density at radius 1 is 0.950 bits per heavy atom. The summed E-state index contributed by atoms with van der Waals surface area (Å²) in [5, 5.41) is 10.3. The highest BCUT2D eigenvalue weighted by atomic mass is 79.9. The monoisotopic (exact) mass is 414 g/mol. The fourth-order valence-corrected chi connectivity index (χ4v) is 3.20. The van der Waals surface area contributed by atoms with Gasteiger partial charge in [-0.25, -0.2) is 0 Å². The minimum atomic E-state index is -1.01. The maximum Gasteiger partial charge on any atom is 0.188 e. The summed E-state index contributed by atoms with van der Waals surface area (Å²) in [5.74, 6) is -1.01. The van der Waals surface area contributed by atoms with Gasteiger partial charge in [0, 0.05) is 8.95 Å². The Labute approximate surface area is 136 Å². The Bertz CT molecular complexity index is 551. The molecule has 0 saturated carbocycles. The van der Waals surface area contributed by atoms with Crippen LogP contribution in [0.25, 0.3) is 0 Å². The van der Waals surface area contributed by atoms with E-state index < -0.39 is 11.3 Å². The molecule has 2 aromatic carbocycles. The summed E-state index contributed by atoms with van der Waals surface area (Å²) in [6.07, 6.45) is 0. The number of aliphatic hydroxyl groups is 1. The first-order valence-electron chi connectivity index (χ1n) is 6.01. The number of hydrogen-bond donors (Lipinski definition) is 1. The van der Waals surface area contributed by atoms with Crippen LogP contribution in [0.5, 0.6) is 0 Å². The lowest BCUT2D eigenvalue weighted by atomic mass is 9.77. The topological polar surface area (TPSA) is 37.3 Å². The number of hydrogen-bond acceptors (Lipinski definition) is 2. The van der Waals surface area contributed by atoms with E-state index in [1.54, 1.807) is 0 Å². The average Bonchev–Trinajstić information content (AvgIpc) is 2.47. The van der Waals surface area contributed by atoms with Crippen LogP contribution in [0, 0.1) is 0 Å². The standard InChI is InChI=1S/C15H13Br2O2P/c1-15(14(18)20-19,10-2-6-12(16)7-3-10)11-4-8-13(17)9-5-11/h2-9,14,18H,1H3. The highest BCUT2D eigenvalue weighted by Crippen LogP contribution is 2.40. The number of halogens is 2. The van der Waals surface area contributed by atoms with Crippen molar-refractivity contribution < 1.29 is 9.67 Å². The van der Waals surface area contributed by atoms with Crippen LogP contribution in [0.4, 0.5) is 0 Å². The molecule has 0 aliphatic rings. The Hall–Kier alpha value is -0.540. The number of benzene rings is 2. The predicted octanol–water partition coefficient (Wildman–Crippen LogP) is 5.13. The van der Waals surface area contributed by atoms with Crippen LogP contribution in [0.3, 0.4) is 0 Å². The van der Waals surface area contributed by atoms with Crippen LogP contribution in [0.2, 0.25) is 0 Å². The summed E-state index contributed by atoms with van der Waals surface area (Å²) in [6, 6.07) is 15.4. The molecule has 2 rings (SSSR count). The molecular formula is C15H13Br2O2P. The second kappa shape index (κ2) is 6.48. The maximum absolute atomic E-state index is 11.3. The lowest BCUT2D eigenvalue weighted by Crippen LogP contribution is -2.34. The fraction of sp³-hybridized carbons (Fsp3) is 0.200. The van der Waals surface area contributed by atoms with Gasteiger partial charge < -0.3 is 5.11 Å². The predicted molar refractivity (Wildman–Crippen MR) is 88.4 cm³/mol. The Balaban J connectivity index is 2.58. The van der Waals surface area contributed by atoms with E-state index in [1.165, 1.54) is 0 Å². The van der Waals surface area contributed by atoms with Gasteiger partial charge in [0.1, 0.15) is 5.85 Å². The summed E-state index contributed by atoms with van der Waals surface area (Å²) in [7, 11) is -0.289. The molecule has 5 heteroatoms. The molecule has 0 fully saturated rings. The van der Waals surface area contributed by atoms with Gasteiger partial charge in [-0.05, 0) is 42.3 Å². The van der Waals surface area contributed by atoms with E-state index in [1.807, 2.05) is 55.5 Å². The van der Waals surface area contributed by atoms with Crippen molar-refractivity contribution in [1.82, 2.24) is 0 Å². The van der Waals surface area contributed by atoms with E-state index in [0.29, 0.717) is 0 Å². The third-order valence-corrected chi connectivity index (χ3v) is 5.28. The normalized spacial score (nSPS) is 13.4. The molecule has 0 aromatic heterocycles. The molecule has 1 atom stereocenters. The van der Waals surface area contributed by atoms with Crippen molar-refractivity contribution in [3.63, 3.8) is 0 Å². The number of aliphatic hydroxyl groups excluding tert-OH is 1. The smallest absolute Gasteiger partial charge is 0.188 e. The summed E-state index contributed by atoms with van der Waals surface area (Å²) in [4.78, 5) is 0. The van der Waals surface area contributed by atoms with Crippen molar-refractivity contribution in [2.75, 3.05) is 0 Å². The van der Waals surface area contributed by atoms with E-state index in [4.69, 9.17) is 0 Å². The lowest BCUT2D eigenvalue weighted by Gasteiger charge is -2.32. The molecule has 0 amide bonds. The summed E-state index contributed by atoms with van der Waals surface area (Å²) < 4.78 is 13.2. The molecule has 0 saturated heterocycles. The van der Waals surface area contributed by atoms with Crippen molar-refractivity contribution >= 4 is 40.3 Å². The highest BCUT2D eigenvalue weighted by molar-refractivity contribution is 9.10. The van der Waals surface area contributed by atoms with Crippen molar-refractivity contribution in [2.24, 2.45) is 0 Å². The van der Waals surface area contributed by atoms with Gasteiger partial charge >= 0.3 is 0 Å². The van der Waals surface area contributed by atoms with Crippen LogP contribution < -0.4 is 0 Å². The third kappa shape index (κ3) is 3.04. The quantitative estimate of drug-likeness (QED) is 0.703. The average molecular weight is 416 g/mol. The third-order valence-electron chi connectivity index (χ3n) is 3.50. The van der Waals surface area contributed by atoms with E-state index >= 15 is 0 Å². The largest absolute Gasteiger partial charge is 0.380 e. The molecule has 104 valence electrons. The zero-order chi connectivity index (χ0) is 14.8. The molecule has 0 aliphatic heterocycles. The molecule has 0 spiro atoms. The maximum atomic E-state index is 11.3. The second-order valence-corrected chi connectivity index (χ2v) is 7.23. The van der Waals surface area contributed by atoms with Crippen molar-refractivity contribution in [3.8, 4) is 0 Å². The molecule has 2 nitrogen and oxygen atoms in total. The second-order valence-electron chi connectivity index (χ2n) is 4.70. The summed E-state index contributed by atoms with van der Waals surface area (Å²) in [6.45, 7) is 1.90. The molecule has 1 unspecified atom stereocenters. The Morgan fingerprint density at radius 2 is 1.30 bits per heavy atom. The summed E-state index contributed by atoms with van der Waals surface area (Å²) >= 11 is 6.80. The van der Waals surface area contributed by atoms with Crippen LogP contribution in [-0.2, 0) is 9.98 Å². The zero-order valence-corrected chi connectivity index (χ0v) is 14.8. The lowest BCUT2D eigenvalue weighted by molar-refractivity contribution is 0.189. The molecule has 1 N–H and O–H groups in total. The van der Waals surface area contributed by atoms with Gasteiger partial charge in [-0.2, -0.15) is 0 Å². The van der Waals surface area contributed by atoms with Crippen LogP contribution in [0.15, 0.2) is 57.5 Å². The molecular weight excluding hydrogens is 403 g/mol. The Morgan fingerprint density at radius 3 is 1.60 bits per heavy atom. The molecule has 0 heterocycles. The van der Waals surface area contributed by atoms with Crippen LogP contribution >= 0.6 is 40.3 Å². The number of rotatable bonds is 4. The SMILES string of the molecule is CC(c1ccc(Br)cc1)(c1ccc(Br)cc1)C(O)P=O. The highest BCUT2D eigenvalue weighted by Gasteiger charge is 2.37. The zero-order valence-electron chi connectivity index (χ0n) is 10.8. The van der Waals surface area contributed by atoms with Gasteiger partial charge in [0.25, 0.3) is 0 Å². The van der Waals surface area contributed by atoms with Crippen molar-refractivity contribution in [2.45, 2.75) is 18.2 Å². The van der Waals surface area contributed by atoms with Crippen LogP contribution in [0.1, 0.15) is 18.1 Å². The molecule has 2 aromatic rings. The molecule has 0 bridgehead atoms. The molecule has 0 radical (unpaired) electrons. The van der Waals surface area contributed by atoms with Gasteiger partial charge in [-0.15, -0.1) is 0 Å². The van der Waals surface area contributed by atoms with Gasteiger partial charge in [-0.1, -0.05) is 56.1 Å². The van der Waals surface area contributed by atoms with Crippen molar-refractivity contribution in [3.05, 3.63) is 68.6 Å². The fourth-order valence-electron chi connectivity index (χ4n) is 2.16. The summed E-state index contributed by atoms with van der Waals surface area (Å²) in [5.41, 5.74) is 1.10. The van der Waals surface area contributed by atoms with Gasteiger partial charge in [0.05, 0.1) is 5.41 Å². The first kappa shape index (κ1) is 15.8. The van der Waals surface area contributed by atoms with Gasteiger partial charge in [0.2, 0.25) is 0 Å². The van der Waals surface area contributed by atoms with E-state index in [2.05, 4.69) is 31.9 Å². The molecule has 0 aliphatic carbocycles. The molecule has 20 heavy (non-hydrogen) atoms. The van der Waals surface area contributed by atoms with Gasteiger partial charge in [-0.3, -0.25) is 4.57 Å². The Kier molecular flexibility index (Phi) is 5.14. The minimum Gasteiger partial charge on any atom is -0.380 e. The van der Waals surface area contributed by atoms with E-state index in [9.17, 15) is 9.67 Å². The van der Waals surface area contributed by atoms with Gasteiger partial charge in [0.15, 0.2) is 8.46 Å². The van der Waals surface area contributed by atoms with Crippen molar-refractivity contribution in [1.29, 1.82) is 0 Å². The first-order chi connectivity index (χ1) is 9.48. The van der Waals surface area contributed by atoms with E-state index in [-0.39, 0.29) is 8.46 Å². The van der Waals surface area contributed by atoms with Crippen LogP contribution in [-0.4, -0.2) is 11.0 Å². The van der Waals surface area contributed by atoms with E-state index in [0.717, 1.165) is 20.1 Å². The minimum absolute atomic E-state index is 0.289.